The molecule has 0 fully saturated rings. The average Bonchev–Trinajstić information content (AvgIpc) is 2.74. The summed E-state index contributed by atoms with van der Waals surface area (Å²) in [5.74, 6) is -0.453. The van der Waals surface area contributed by atoms with Crippen LogP contribution in [0.3, 0.4) is 0 Å². The van der Waals surface area contributed by atoms with E-state index in [9.17, 15) is 13.2 Å². The van der Waals surface area contributed by atoms with Crippen molar-refractivity contribution in [2.45, 2.75) is 32.7 Å². The molecule has 1 aromatic heterocycles. The van der Waals surface area contributed by atoms with E-state index in [0.717, 1.165) is 0 Å². The lowest BCUT2D eigenvalue weighted by Crippen LogP contribution is -2.35. The minimum Gasteiger partial charge on any atom is -0.348 e. The van der Waals surface area contributed by atoms with Crippen molar-refractivity contribution in [1.29, 1.82) is 0 Å². The van der Waals surface area contributed by atoms with Crippen LogP contribution in [0.2, 0.25) is 0 Å². The lowest BCUT2D eigenvalue weighted by molar-refractivity contribution is -0.125. The molecule has 0 aliphatic carbocycles. The predicted molar refractivity (Wildman–Crippen MR) is 72.3 cm³/mol. The molecule has 1 N–H and O–H groups in total. The third kappa shape index (κ3) is 4.89. The first-order valence-electron chi connectivity index (χ1n) is 6.02. The Bertz CT molecular complexity index is 571. The number of rotatable bonds is 5. The minimum absolute atomic E-state index is 0.133. The highest BCUT2D eigenvalue weighted by Crippen LogP contribution is 2.18. The van der Waals surface area contributed by atoms with Crippen LogP contribution < -0.4 is 4.72 Å². The highest BCUT2D eigenvalue weighted by molar-refractivity contribution is 7.90. The summed E-state index contributed by atoms with van der Waals surface area (Å²) in [7, 11) is -0.736. The topological polar surface area (TPSA) is 105 Å². The Morgan fingerprint density at radius 2 is 1.95 bits per heavy atom. The maximum Gasteiger partial charge on any atom is 0.241 e. The molecule has 1 aromatic rings. The van der Waals surface area contributed by atoms with Crippen molar-refractivity contribution in [2.75, 3.05) is 19.8 Å². The average molecular weight is 304 g/mol. The smallest absolute Gasteiger partial charge is 0.241 e. The van der Waals surface area contributed by atoms with E-state index >= 15 is 0 Å². The highest BCUT2D eigenvalue weighted by Gasteiger charge is 2.22. The molecule has 9 heteroatoms. The van der Waals surface area contributed by atoms with Gasteiger partial charge in [0.15, 0.2) is 5.82 Å². The van der Waals surface area contributed by atoms with Gasteiger partial charge in [-0.05, 0) is 0 Å². The quantitative estimate of drug-likeness (QED) is 0.812. The largest absolute Gasteiger partial charge is 0.348 e. The monoisotopic (exact) mass is 304 g/mol. The van der Waals surface area contributed by atoms with Crippen LogP contribution in [0, 0.1) is 0 Å². The zero-order valence-electron chi connectivity index (χ0n) is 12.3. The number of nitrogens with one attached hydrogen (secondary N) is 1. The molecule has 0 aromatic carbocycles. The Morgan fingerprint density at radius 1 is 1.35 bits per heavy atom. The van der Waals surface area contributed by atoms with Gasteiger partial charge in [0, 0.05) is 19.5 Å². The van der Waals surface area contributed by atoms with E-state index in [1.165, 1.54) is 19.0 Å². The summed E-state index contributed by atoms with van der Waals surface area (Å²) in [6.45, 7) is 5.62. The number of nitrogens with zero attached hydrogens (tertiary/aromatic N) is 3. The number of carbonyl (C=O) groups is 1. The molecule has 0 bridgehead atoms. The van der Waals surface area contributed by atoms with Gasteiger partial charge in [-0.25, -0.2) is 13.1 Å². The van der Waals surface area contributed by atoms with Crippen molar-refractivity contribution in [2.24, 2.45) is 0 Å². The van der Waals surface area contributed by atoms with Crippen molar-refractivity contribution in [1.82, 2.24) is 19.8 Å². The maximum absolute atomic E-state index is 11.7. The van der Waals surface area contributed by atoms with Crippen LogP contribution in [0.4, 0.5) is 0 Å². The first kappa shape index (κ1) is 16.6. The number of hydrogen-bond acceptors (Lipinski definition) is 6. The summed E-state index contributed by atoms with van der Waals surface area (Å²) < 4.78 is 30.6. The number of amides is 1. The van der Waals surface area contributed by atoms with Gasteiger partial charge in [-0.3, -0.25) is 4.79 Å². The lowest BCUT2D eigenvalue weighted by Gasteiger charge is -2.11. The van der Waals surface area contributed by atoms with Crippen LogP contribution >= 0.6 is 0 Å². The molecule has 0 atom stereocenters. The molecule has 8 nitrogen and oxygen atoms in total. The molecular weight excluding hydrogens is 284 g/mol. The van der Waals surface area contributed by atoms with Crippen LogP contribution in [-0.4, -0.2) is 49.2 Å². The van der Waals surface area contributed by atoms with Gasteiger partial charge < -0.3 is 9.42 Å². The van der Waals surface area contributed by atoms with E-state index in [-0.39, 0.29) is 17.9 Å². The lowest BCUT2D eigenvalue weighted by atomic mass is 9.96. The second kappa shape index (κ2) is 5.88. The number of hydrogen-bond donors (Lipinski definition) is 1. The second-order valence-electron chi connectivity index (χ2n) is 5.63. The minimum atomic E-state index is -3.72. The van der Waals surface area contributed by atoms with Crippen molar-refractivity contribution in [3.05, 3.63) is 11.7 Å². The van der Waals surface area contributed by atoms with Crippen LogP contribution in [0.1, 0.15) is 32.5 Å². The zero-order valence-corrected chi connectivity index (χ0v) is 13.1. The Morgan fingerprint density at radius 3 is 2.40 bits per heavy atom. The summed E-state index contributed by atoms with van der Waals surface area (Å²) in [4.78, 5) is 16.7. The fraction of sp³-hybridized carbons (Fsp3) is 0.727. The van der Waals surface area contributed by atoms with Crippen LogP contribution in [0.15, 0.2) is 4.52 Å². The number of carbonyl (C=O) groups excluding carboxylic acids is 1. The molecular formula is C11H20N4O4S. The van der Waals surface area contributed by atoms with E-state index in [1.807, 2.05) is 20.8 Å². The van der Waals surface area contributed by atoms with E-state index in [0.29, 0.717) is 5.82 Å². The van der Waals surface area contributed by atoms with E-state index in [2.05, 4.69) is 14.9 Å². The summed E-state index contributed by atoms with van der Waals surface area (Å²) in [5.41, 5.74) is -0.276. The summed E-state index contributed by atoms with van der Waals surface area (Å²) in [6.07, 6.45) is 0. The molecule has 0 aliphatic heterocycles. The van der Waals surface area contributed by atoms with Gasteiger partial charge in [-0.2, -0.15) is 4.98 Å². The van der Waals surface area contributed by atoms with Gasteiger partial charge in [0.2, 0.25) is 21.8 Å². The first-order chi connectivity index (χ1) is 9.01. The Labute approximate surface area is 118 Å². The zero-order chi connectivity index (χ0) is 15.6. The SMILES string of the molecule is CN(C)C(=O)CS(=O)(=O)NCc1nc(C(C)(C)C)no1. The van der Waals surface area contributed by atoms with Gasteiger partial charge in [-0.15, -0.1) is 0 Å². The van der Waals surface area contributed by atoms with Crippen LogP contribution in [-0.2, 0) is 26.8 Å². The second-order valence-corrected chi connectivity index (χ2v) is 7.44. The molecule has 0 spiro atoms. The van der Waals surface area contributed by atoms with Crippen molar-refractivity contribution in [3.63, 3.8) is 0 Å². The van der Waals surface area contributed by atoms with E-state index in [1.54, 1.807) is 0 Å². The molecule has 0 aliphatic rings. The first-order valence-corrected chi connectivity index (χ1v) is 7.67. The Kier molecular flexibility index (Phi) is 4.87. The molecule has 20 heavy (non-hydrogen) atoms. The van der Waals surface area contributed by atoms with Gasteiger partial charge in [0.1, 0.15) is 5.75 Å². The van der Waals surface area contributed by atoms with E-state index in [4.69, 9.17) is 4.52 Å². The fourth-order valence-electron chi connectivity index (χ4n) is 1.15. The van der Waals surface area contributed by atoms with Crippen molar-refractivity contribution < 1.29 is 17.7 Å². The number of sulfonamides is 1. The molecule has 1 rings (SSSR count). The van der Waals surface area contributed by atoms with Crippen molar-refractivity contribution in [3.8, 4) is 0 Å². The third-order valence-corrected chi connectivity index (χ3v) is 3.61. The van der Waals surface area contributed by atoms with Crippen molar-refractivity contribution >= 4 is 15.9 Å². The van der Waals surface area contributed by atoms with Gasteiger partial charge in [0.05, 0.1) is 6.54 Å². The van der Waals surface area contributed by atoms with Gasteiger partial charge in [-0.1, -0.05) is 25.9 Å². The molecule has 0 radical (unpaired) electrons. The molecule has 114 valence electrons. The summed E-state index contributed by atoms with van der Waals surface area (Å²) >= 11 is 0. The van der Waals surface area contributed by atoms with E-state index < -0.39 is 21.7 Å². The van der Waals surface area contributed by atoms with Crippen LogP contribution in [0.25, 0.3) is 0 Å². The molecule has 1 amide bonds. The number of aromatic nitrogens is 2. The predicted octanol–water partition coefficient (Wildman–Crippen LogP) is -0.125. The summed E-state index contributed by atoms with van der Waals surface area (Å²) in [5, 5.41) is 3.78. The van der Waals surface area contributed by atoms with Gasteiger partial charge in [0.25, 0.3) is 0 Å². The molecule has 0 unspecified atom stereocenters. The highest BCUT2D eigenvalue weighted by atomic mass is 32.2. The Balaban J connectivity index is 2.63. The Hall–Kier alpha value is -1.48. The maximum atomic E-state index is 11.7. The normalized spacial score (nSPS) is 12.4. The van der Waals surface area contributed by atoms with Gasteiger partial charge >= 0.3 is 0 Å². The standard InChI is InChI=1S/C11H20N4O4S/c1-11(2,3)10-13-8(19-14-10)6-12-20(17,18)7-9(16)15(4)5/h12H,6-7H2,1-5H3. The summed E-state index contributed by atoms with van der Waals surface area (Å²) in [6, 6.07) is 0. The molecule has 0 saturated heterocycles. The van der Waals surface area contributed by atoms with Crippen LogP contribution in [0.5, 0.6) is 0 Å². The molecule has 1 heterocycles. The third-order valence-electron chi connectivity index (χ3n) is 2.39. The molecule has 0 saturated carbocycles. The fourth-order valence-corrected chi connectivity index (χ4v) is 2.17.